The van der Waals surface area contributed by atoms with Gasteiger partial charge in [-0.25, -0.2) is 9.98 Å². The van der Waals surface area contributed by atoms with Crippen LogP contribution in [0.5, 0.6) is 5.88 Å². The van der Waals surface area contributed by atoms with Crippen LogP contribution in [0.4, 0.5) is 0 Å². The number of guanidine groups is 1. The van der Waals surface area contributed by atoms with Gasteiger partial charge in [-0.3, -0.25) is 0 Å². The lowest BCUT2D eigenvalue weighted by atomic mass is 10.2. The molecule has 1 unspecified atom stereocenters. The van der Waals surface area contributed by atoms with Crippen LogP contribution in [0.15, 0.2) is 23.3 Å². The molecule has 2 rings (SSSR count). The van der Waals surface area contributed by atoms with Crippen LogP contribution in [0.3, 0.4) is 0 Å². The van der Waals surface area contributed by atoms with Crippen molar-refractivity contribution >= 4 is 5.96 Å². The predicted molar refractivity (Wildman–Crippen MR) is 98.0 cm³/mol. The maximum absolute atomic E-state index is 5.67. The molecule has 2 N–H and O–H groups in total. The monoisotopic (exact) mass is 350 g/mol. The summed E-state index contributed by atoms with van der Waals surface area (Å²) in [5, 5.41) is 6.58. The van der Waals surface area contributed by atoms with Gasteiger partial charge in [-0.15, -0.1) is 0 Å². The first-order valence-electron chi connectivity index (χ1n) is 9.02. The van der Waals surface area contributed by atoms with Gasteiger partial charge in [0.05, 0.1) is 26.4 Å². The Bertz CT molecular complexity index is 519. The average molecular weight is 350 g/mol. The van der Waals surface area contributed by atoms with E-state index >= 15 is 0 Å². The Morgan fingerprint density at radius 3 is 3.12 bits per heavy atom. The van der Waals surface area contributed by atoms with Crippen LogP contribution in [-0.2, 0) is 16.0 Å². The molecule has 0 spiro atoms. The third-order valence-electron chi connectivity index (χ3n) is 3.86. The Balaban J connectivity index is 1.66. The number of nitrogens with one attached hydrogen (secondary N) is 2. The SMILES string of the molecule is CCNC(=NCc1ccnc(OC)c1)NCCCOCC1CCCO1. The Labute approximate surface area is 150 Å². The van der Waals surface area contributed by atoms with E-state index in [1.54, 1.807) is 13.3 Å². The van der Waals surface area contributed by atoms with E-state index in [2.05, 4.69) is 27.5 Å². The Hall–Kier alpha value is -1.86. The molecule has 0 amide bonds. The third kappa shape index (κ3) is 7.70. The third-order valence-corrected chi connectivity index (χ3v) is 3.86. The predicted octanol–water partition coefficient (Wildman–Crippen LogP) is 1.73. The van der Waals surface area contributed by atoms with Crippen LogP contribution in [-0.4, -0.2) is 57.1 Å². The van der Waals surface area contributed by atoms with Crippen molar-refractivity contribution in [2.24, 2.45) is 4.99 Å². The molecule has 1 atom stereocenters. The largest absolute Gasteiger partial charge is 0.481 e. The van der Waals surface area contributed by atoms with E-state index in [0.29, 0.717) is 25.1 Å². The normalized spacial score (nSPS) is 17.5. The van der Waals surface area contributed by atoms with Crippen LogP contribution in [0.1, 0.15) is 31.7 Å². The highest BCUT2D eigenvalue weighted by Gasteiger charge is 2.14. The smallest absolute Gasteiger partial charge is 0.213 e. The second-order valence-electron chi connectivity index (χ2n) is 5.89. The highest BCUT2D eigenvalue weighted by Crippen LogP contribution is 2.12. The molecule has 25 heavy (non-hydrogen) atoms. The summed E-state index contributed by atoms with van der Waals surface area (Å²) in [4.78, 5) is 8.69. The van der Waals surface area contributed by atoms with Gasteiger partial charge >= 0.3 is 0 Å². The zero-order chi connectivity index (χ0) is 17.7. The molecular formula is C18H30N4O3. The van der Waals surface area contributed by atoms with Gasteiger partial charge in [-0.1, -0.05) is 0 Å². The van der Waals surface area contributed by atoms with Crippen molar-refractivity contribution in [3.63, 3.8) is 0 Å². The van der Waals surface area contributed by atoms with Crippen molar-refractivity contribution in [2.45, 2.75) is 38.8 Å². The number of methoxy groups -OCH3 is 1. The molecule has 1 aromatic rings. The summed E-state index contributed by atoms with van der Waals surface area (Å²) < 4.78 is 16.3. The zero-order valence-corrected chi connectivity index (χ0v) is 15.3. The van der Waals surface area contributed by atoms with Crippen molar-refractivity contribution in [3.05, 3.63) is 23.9 Å². The molecule has 1 aromatic heterocycles. The topological polar surface area (TPSA) is 77.0 Å². The summed E-state index contributed by atoms with van der Waals surface area (Å²) >= 11 is 0. The van der Waals surface area contributed by atoms with Gasteiger partial charge in [0.1, 0.15) is 0 Å². The first-order chi connectivity index (χ1) is 12.3. The fourth-order valence-corrected chi connectivity index (χ4v) is 2.54. The minimum Gasteiger partial charge on any atom is -0.481 e. The molecule has 0 radical (unpaired) electrons. The van der Waals surface area contributed by atoms with Gasteiger partial charge in [0.25, 0.3) is 0 Å². The van der Waals surface area contributed by atoms with Gasteiger partial charge < -0.3 is 24.8 Å². The number of rotatable bonds is 10. The van der Waals surface area contributed by atoms with Crippen molar-refractivity contribution in [1.82, 2.24) is 15.6 Å². The summed E-state index contributed by atoms with van der Waals surface area (Å²) in [6.45, 7) is 6.58. The number of pyridine rings is 1. The molecule has 1 fully saturated rings. The minimum absolute atomic E-state index is 0.296. The lowest BCUT2D eigenvalue weighted by Crippen LogP contribution is -2.38. The van der Waals surface area contributed by atoms with E-state index in [-0.39, 0.29) is 0 Å². The van der Waals surface area contributed by atoms with Crippen molar-refractivity contribution in [2.75, 3.05) is 40.0 Å². The van der Waals surface area contributed by atoms with Crippen molar-refractivity contribution < 1.29 is 14.2 Å². The molecule has 0 saturated carbocycles. The van der Waals surface area contributed by atoms with E-state index in [4.69, 9.17) is 14.2 Å². The summed E-state index contributed by atoms with van der Waals surface area (Å²) in [6, 6.07) is 3.83. The zero-order valence-electron chi connectivity index (χ0n) is 15.3. The highest BCUT2D eigenvalue weighted by atomic mass is 16.5. The molecule has 0 bridgehead atoms. The van der Waals surface area contributed by atoms with Crippen LogP contribution in [0.2, 0.25) is 0 Å². The van der Waals surface area contributed by atoms with Gasteiger partial charge in [0.15, 0.2) is 5.96 Å². The van der Waals surface area contributed by atoms with Gasteiger partial charge in [-0.05, 0) is 37.8 Å². The molecule has 1 saturated heterocycles. The fourth-order valence-electron chi connectivity index (χ4n) is 2.54. The first-order valence-corrected chi connectivity index (χ1v) is 9.02. The first kappa shape index (κ1) is 19.5. The van der Waals surface area contributed by atoms with Crippen LogP contribution in [0.25, 0.3) is 0 Å². The number of aliphatic imine (C=N–C) groups is 1. The maximum Gasteiger partial charge on any atom is 0.213 e. The van der Waals surface area contributed by atoms with Crippen LogP contribution >= 0.6 is 0 Å². The molecule has 7 heteroatoms. The van der Waals surface area contributed by atoms with Gasteiger partial charge in [0.2, 0.25) is 5.88 Å². The van der Waals surface area contributed by atoms with Crippen molar-refractivity contribution in [1.29, 1.82) is 0 Å². The summed E-state index contributed by atoms with van der Waals surface area (Å²) in [6.07, 6.45) is 5.23. The van der Waals surface area contributed by atoms with E-state index in [1.165, 1.54) is 0 Å². The standard InChI is InChI=1S/C18H30N4O3/c1-3-19-18(22-13-15-7-9-20-17(12-15)23-2)21-8-5-10-24-14-16-6-4-11-25-16/h7,9,12,16H,3-6,8,10-11,13-14H2,1-2H3,(H2,19,21,22). The quantitative estimate of drug-likeness (QED) is 0.380. The summed E-state index contributed by atoms with van der Waals surface area (Å²) in [7, 11) is 1.61. The second kappa shape index (κ2) is 11.7. The van der Waals surface area contributed by atoms with Gasteiger partial charge in [0, 0.05) is 38.6 Å². The van der Waals surface area contributed by atoms with Crippen LogP contribution in [0, 0.1) is 0 Å². The Kier molecular flexibility index (Phi) is 9.07. The lowest BCUT2D eigenvalue weighted by molar-refractivity contribution is 0.0168. The number of ether oxygens (including phenoxy) is 3. The Morgan fingerprint density at radius 2 is 2.36 bits per heavy atom. The number of nitrogens with zero attached hydrogens (tertiary/aromatic N) is 2. The van der Waals surface area contributed by atoms with E-state index in [1.807, 2.05) is 12.1 Å². The van der Waals surface area contributed by atoms with Gasteiger partial charge in [-0.2, -0.15) is 0 Å². The second-order valence-corrected chi connectivity index (χ2v) is 5.89. The highest BCUT2D eigenvalue weighted by molar-refractivity contribution is 5.79. The molecule has 0 aromatic carbocycles. The van der Waals surface area contributed by atoms with E-state index in [9.17, 15) is 0 Å². The maximum atomic E-state index is 5.67. The molecule has 0 aliphatic carbocycles. The molecule has 1 aliphatic rings. The summed E-state index contributed by atoms with van der Waals surface area (Å²) in [5.74, 6) is 1.41. The van der Waals surface area contributed by atoms with Crippen LogP contribution < -0.4 is 15.4 Å². The summed E-state index contributed by atoms with van der Waals surface area (Å²) in [5.41, 5.74) is 1.06. The molecule has 140 valence electrons. The number of hydrogen-bond donors (Lipinski definition) is 2. The molecular weight excluding hydrogens is 320 g/mol. The van der Waals surface area contributed by atoms with Crippen molar-refractivity contribution in [3.8, 4) is 5.88 Å². The number of hydrogen-bond acceptors (Lipinski definition) is 5. The lowest BCUT2D eigenvalue weighted by Gasteiger charge is -2.12. The number of aromatic nitrogens is 1. The van der Waals surface area contributed by atoms with E-state index in [0.717, 1.165) is 57.1 Å². The molecule has 2 heterocycles. The fraction of sp³-hybridized carbons (Fsp3) is 0.667. The minimum atomic E-state index is 0.296. The van der Waals surface area contributed by atoms with E-state index < -0.39 is 0 Å². The molecule has 1 aliphatic heterocycles. The Morgan fingerprint density at radius 1 is 1.44 bits per heavy atom. The average Bonchev–Trinajstić information content (AvgIpc) is 3.16. The molecule has 7 nitrogen and oxygen atoms in total.